The van der Waals surface area contributed by atoms with E-state index in [1.165, 1.54) is 6.42 Å². The summed E-state index contributed by atoms with van der Waals surface area (Å²) in [6, 6.07) is 3.98. The number of nitrogens with zero attached hydrogens (tertiary/aromatic N) is 2. The molecule has 2 unspecified atom stereocenters. The SMILES string of the molecule is CC1CC1c1ccc(-c2nc3c(c(NN)n2)COCC3)o1. The van der Waals surface area contributed by atoms with Gasteiger partial charge in [-0.15, -0.1) is 0 Å². The minimum absolute atomic E-state index is 0.498. The van der Waals surface area contributed by atoms with Crippen LogP contribution in [0.25, 0.3) is 11.6 Å². The Hall–Kier alpha value is -1.92. The van der Waals surface area contributed by atoms with Gasteiger partial charge in [-0.05, 0) is 24.5 Å². The first-order chi connectivity index (χ1) is 10.3. The second kappa shape index (κ2) is 4.82. The highest BCUT2D eigenvalue weighted by atomic mass is 16.5. The lowest BCUT2D eigenvalue weighted by atomic mass is 10.1. The lowest BCUT2D eigenvalue weighted by molar-refractivity contribution is 0.109. The van der Waals surface area contributed by atoms with Gasteiger partial charge in [-0.3, -0.25) is 0 Å². The summed E-state index contributed by atoms with van der Waals surface area (Å²) in [6.45, 7) is 3.41. The molecule has 6 heteroatoms. The molecule has 2 aromatic heterocycles. The lowest BCUT2D eigenvalue weighted by Gasteiger charge is -2.18. The summed E-state index contributed by atoms with van der Waals surface area (Å²) in [5.41, 5.74) is 4.56. The van der Waals surface area contributed by atoms with Gasteiger partial charge in [0.15, 0.2) is 11.6 Å². The van der Waals surface area contributed by atoms with Crippen molar-refractivity contribution in [2.24, 2.45) is 11.8 Å². The Bertz CT molecular complexity index is 665. The molecule has 1 saturated carbocycles. The number of rotatable bonds is 3. The third kappa shape index (κ3) is 2.20. The van der Waals surface area contributed by atoms with Crippen LogP contribution in [0.1, 0.15) is 36.3 Å². The van der Waals surface area contributed by atoms with Crippen molar-refractivity contribution in [1.29, 1.82) is 0 Å². The van der Waals surface area contributed by atoms with Gasteiger partial charge in [0.2, 0.25) is 0 Å². The van der Waals surface area contributed by atoms with Crippen LogP contribution in [0, 0.1) is 5.92 Å². The van der Waals surface area contributed by atoms with E-state index in [0.717, 1.165) is 23.4 Å². The van der Waals surface area contributed by atoms with Gasteiger partial charge in [-0.1, -0.05) is 6.92 Å². The number of nitrogen functional groups attached to an aromatic ring is 1. The smallest absolute Gasteiger partial charge is 0.197 e. The standard InChI is InChI=1S/C15H18N4O2/c1-8-6-9(8)12-2-3-13(21-12)15-17-11-4-5-20-7-10(11)14(18-15)19-16/h2-3,8-9H,4-7,16H2,1H3,(H,17,18,19). The third-order valence-corrected chi connectivity index (χ3v) is 4.28. The molecule has 1 fully saturated rings. The van der Waals surface area contributed by atoms with Crippen LogP contribution in [-0.4, -0.2) is 16.6 Å². The number of ether oxygens (including phenoxy) is 1. The number of hydrogen-bond acceptors (Lipinski definition) is 6. The average molecular weight is 286 g/mol. The van der Waals surface area contributed by atoms with E-state index < -0.39 is 0 Å². The zero-order valence-corrected chi connectivity index (χ0v) is 11.9. The molecule has 0 saturated heterocycles. The van der Waals surface area contributed by atoms with Crippen LogP contribution < -0.4 is 11.3 Å². The molecule has 0 bridgehead atoms. The molecule has 6 nitrogen and oxygen atoms in total. The van der Waals surface area contributed by atoms with Gasteiger partial charge in [-0.25, -0.2) is 15.8 Å². The van der Waals surface area contributed by atoms with Gasteiger partial charge < -0.3 is 14.6 Å². The molecule has 21 heavy (non-hydrogen) atoms. The summed E-state index contributed by atoms with van der Waals surface area (Å²) in [5, 5.41) is 0. The van der Waals surface area contributed by atoms with Crippen molar-refractivity contribution < 1.29 is 9.15 Å². The summed E-state index contributed by atoms with van der Waals surface area (Å²) < 4.78 is 11.4. The second-order valence-corrected chi connectivity index (χ2v) is 5.79. The largest absolute Gasteiger partial charge is 0.457 e. The molecule has 4 rings (SSSR count). The number of aromatic nitrogens is 2. The van der Waals surface area contributed by atoms with E-state index >= 15 is 0 Å². The predicted molar refractivity (Wildman–Crippen MR) is 77.4 cm³/mol. The van der Waals surface area contributed by atoms with E-state index in [-0.39, 0.29) is 0 Å². The number of hydrazine groups is 1. The summed E-state index contributed by atoms with van der Waals surface area (Å²) in [4.78, 5) is 9.09. The second-order valence-electron chi connectivity index (χ2n) is 5.79. The van der Waals surface area contributed by atoms with E-state index in [4.69, 9.17) is 15.0 Å². The van der Waals surface area contributed by atoms with Crippen LogP contribution in [0.4, 0.5) is 5.82 Å². The quantitative estimate of drug-likeness (QED) is 0.664. The molecule has 3 heterocycles. The van der Waals surface area contributed by atoms with E-state index in [9.17, 15) is 0 Å². The Morgan fingerprint density at radius 1 is 1.33 bits per heavy atom. The Kier molecular flexibility index (Phi) is 2.94. The Morgan fingerprint density at radius 3 is 2.95 bits per heavy atom. The first-order valence-electron chi connectivity index (χ1n) is 7.30. The molecular formula is C15H18N4O2. The van der Waals surface area contributed by atoms with Crippen molar-refractivity contribution in [3.05, 3.63) is 29.2 Å². The minimum atomic E-state index is 0.498. The number of anilines is 1. The maximum absolute atomic E-state index is 5.93. The molecule has 3 N–H and O–H groups in total. The summed E-state index contributed by atoms with van der Waals surface area (Å²) in [5.74, 6) is 9.78. The maximum atomic E-state index is 5.93. The van der Waals surface area contributed by atoms with Gasteiger partial charge in [-0.2, -0.15) is 0 Å². The molecule has 0 radical (unpaired) electrons. The average Bonchev–Trinajstić information content (AvgIpc) is 3.05. The van der Waals surface area contributed by atoms with Gasteiger partial charge in [0.05, 0.1) is 18.9 Å². The van der Waals surface area contributed by atoms with Crippen molar-refractivity contribution in [3.63, 3.8) is 0 Å². The number of hydrogen-bond donors (Lipinski definition) is 2. The van der Waals surface area contributed by atoms with Crippen molar-refractivity contribution in [2.75, 3.05) is 12.0 Å². The van der Waals surface area contributed by atoms with Crippen molar-refractivity contribution in [2.45, 2.75) is 32.3 Å². The zero-order chi connectivity index (χ0) is 14.4. The summed E-state index contributed by atoms with van der Waals surface area (Å²) in [6.07, 6.45) is 1.97. The highest BCUT2D eigenvalue weighted by Gasteiger charge is 2.36. The van der Waals surface area contributed by atoms with Crippen LogP contribution in [0.3, 0.4) is 0 Å². The Balaban J connectivity index is 1.72. The molecule has 2 aliphatic rings. The van der Waals surface area contributed by atoms with Gasteiger partial charge >= 0.3 is 0 Å². The first-order valence-corrected chi connectivity index (χ1v) is 7.30. The normalized spacial score (nSPS) is 23.7. The molecule has 2 atom stereocenters. The van der Waals surface area contributed by atoms with Crippen molar-refractivity contribution in [3.8, 4) is 11.6 Å². The topological polar surface area (TPSA) is 86.2 Å². The molecular weight excluding hydrogens is 268 g/mol. The fraction of sp³-hybridized carbons (Fsp3) is 0.467. The predicted octanol–water partition coefficient (Wildman–Crippen LogP) is 2.22. The van der Waals surface area contributed by atoms with Gasteiger partial charge in [0.1, 0.15) is 11.6 Å². The highest BCUT2D eigenvalue weighted by Crippen LogP contribution is 2.47. The van der Waals surface area contributed by atoms with E-state index in [0.29, 0.717) is 42.5 Å². The number of furan rings is 1. The maximum Gasteiger partial charge on any atom is 0.197 e. The van der Waals surface area contributed by atoms with Crippen LogP contribution in [0.5, 0.6) is 0 Å². The van der Waals surface area contributed by atoms with Crippen LogP contribution in [0.15, 0.2) is 16.5 Å². The van der Waals surface area contributed by atoms with Crippen LogP contribution in [-0.2, 0) is 17.8 Å². The van der Waals surface area contributed by atoms with E-state index in [1.807, 2.05) is 12.1 Å². The molecule has 0 spiro atoms. The van der Waals surface area contributed by atoms with Gasteiger partial charge in [0, 0.05) is 17.9 Å². The van der Waals surface area contributed by atoms with E-state index in [2.05, 4.69) is 22.3 Å². The molecule has 110 valence electrons. The van der Waals surface area contributed by atoms with Crippen LogP contribution >= 0.6 is 0 Å². The fourth-order valence-electron chi connectivity index (χ4n) is 2.85. The first kappa shape index (κ1) is 12.8. The molecule has 0 aromatic carbocycles. The van der Waals surface area contributed by atoms with Crippen LogP contribution in [0.2, 0.25) is 0 Å². The Morgan fingerprint density at radius 2 is 2.19 bits per heavy atom. The van der Waals surface area contributed by atoms with Crippen molar-refractivity contribution >= 4 is 5.82 Å². The lowest BCUT2D eigenvalue weighted by Crippen LogP contribution is -2.19. The Labute approximate surface area is 122 Å². The molecule has 1 aliphatic heterocycles. The number of fused-ring (bicyclic) bond motifs is 1. The number of nitrogens with two attached hydrogens (primary N) is 1. The molecule has 2 aromatic rings. The highest BCUT2D eigenvalue weighted by molar-refractivity contribution is 5.56. The zero-order valence-electron chi connectivity index (χ0n) is 11.9. The molecule has 0 amide bonds. The monoisotopic (exact) mass is 286 g/mol. The van der Waals surface area contributed by atoms with Crippen molar-refractivity contribution in [1.82, 2.24) is 9.97 Å². The summed E-state index contributed by atoms with van der Waals surface area (Å²) in [7, 11) is 0. The van der Waals surface area contributed by atoms with E-state index in [1.54, 1.807) is 0 Å². The number of nitrogens with one attached hydrogen (secondary N) is 1. The third-order valence-electron chi connectivity index (χ3n) is 4.28. The summed E-state index contributed by atoms with van der Waals surface area (Å²) >= 11 is 0. The minimum Gasteiger partial charge on any atom is -0.457 e. The fourth-order valence-corrected chi connectivity index (χ4v) is 2.85. The van der Waals surface area contributed by atoms with Gasteiger partial charge in [0.25, 0.3) is 0 Å². The molecule has 1 aliphatic carbocycles.